The van der Waals surface area contributed by atoms with Gasteiger partial charge in [-0.05, 0) is 74.1 Å². The van der Waals surface area contributed by atoms with Crippen LogP contribution in [-0.2, 0) is 6.42 Å². The highest BCUT2D eigenvalue weighted by Gasteiger charge is 2.29. The summed E-state index contributed by atoms with van der Waals surface area (Å²) >= 11 is 0. The maximum Gasteiger partial charge on any atom is 0.253 e. The van der Waals surface area contributed by atoms with Gasteiger partial charge in [0.1, 0.15) is 17.7 Å². The first kappa shape index (κ1) is 30.4. The topological polar surface area (TPSA) is 89.9 Å². The summed E-state index contributed by atoms with van der Waals surface area (Å²) in [5.74, 6) is -2.26. The van der Waals surface area contributed by atoms with E-state index in [9.17, 15) is 28.6 Å². The summed E-state index contributed by atoms with van der Waals surface area (Å²) in [4.78, 5) is 28.2. The first-order valence-corrected chi connectivity index (χ1v) is 13.1. The first-order chi connectivity index (χ1) is 17.6. The summed E-state index contributed by atoms with van der Waals surface area (Å²) in [5.41, 5.74) is 1.57. The Balaban J connectivity index is 2.34. The summed E-state index contributed by atoms with van der Waals surface area (Å²) in [5, 5.41) is 24.1. The molecule has 0 unspecified atom stereocenters. The fourth-order valence-electron chi connectivity index (χ4n) is 4.42. The molecule has 0 saturated heterocycles. The number of benzene rings is 2. The van der Waals surface area contributed by atoms with E-state index in [-0.39, 0.29) is 23.5 Å². The Labute approximate surface area is 218 Å². The van der Waals surface area contributed by atoms with Crippen molar-refractivity contribution in [3.8, 4) is 0 Å². The van der Waals surface area contributed by atoms with Gasteiger partial charge in [-0.2, -0.15) is 0 Å². The molecule has 0 aliphatic heterocycles. The van der Waals surface area contributed by atoms with Gasteiger partial charge in [0, 0.05) is 30.3 Å². The lowest BCUT2D eigenvalue weighted by Gasteiger charge is -2.28. The number of nitrogens with one attached hydrogen (secondary N) is 1. The van der Waals surface area contributed by atoms with E-state index in [1.807, 2.05) is 20.8 Å². The number of amides is 2. The van der Waals surface area contributed by atoms with Crippen molar-refractivity contribution in [3.63, 3.8) is 0 Å². The molecule has 2 aromatic carbocycles. The molecule has 37 heavy (non-hydrogen) atoms. The van der Waals surface area contributed by atoms with E-state index >= 15 is 0 Å². The number of carbonyl (C=O) groups is 2. The Hall–Kier alpha value is -2.84. The SMILES string of the molecule is CCCC[C@H](O)[C@H](O)[C@H](Cc1cc(F)cc(F)c1)NC(=O)c1cc(C)cc(C(=O)N(CCC)CCC)c1. The lowest BCUT2D eigenvalue weighted by atomic mass is 9.94. The molecule has 2 aromatic rings. The van der Waals surface area contributed by atoms with Crippen molar-refractivity contribution in [1.29, 1.82) is 0 Å². The third-order valence-corrected chi connectivity index (χ3v) is 6.22. The van der Waals surface area contributed by atoms with Crippen LogP contribution in [0.25, 0.3) is 0 Å². The second-order valence-corrected chi connectivity index (χ2v) is 9.64. The number of unbranched alkanes of at least 4 members (excludes halogenated alkanes) is 1. The summed E-state index contributed by atoms with van der Waals surface area (Å²) in [6.07, 6.45) is 0.828. The van der Waals surface area contributed by atoms with Crippen molar-refractivity contribution in [1.82, 2.24) is 10.2 Å². The van der Waals surface area contributed by atoms with Gasteiger partial charge in [0.15, 0.2) is 0 Å². The number of hydrogen-bond donors (Lipinski definition) is 3. The van der Waals surface area contributed by atoms with Crippen molar-refractivity contribution >= 4 is 11.8 Å². The Morgan fingerprint density at radius 1 is 0.892 bits per heavy atom. The van der Waals surface area contributed by atoms with Crippen LogP contribution in [0.4, 0.5) is 8.78 Å². The van der Waals surface area contributed by atoms with E-state index in [2.05, 4.69) is 5.32 Å². The molecule has 0 fully saturated rings. The highest BCUT2D eigenvalue weighted by Crippen LogP contribution is 2.18. The zero-order chi connectivity index (χ0) is 27.5. The normalized spacial score (nSPS) is 13.6. The third kappa shape index (κ3) is 9.20. The molecular weight excluding hydrogens is 478 g/mol. The highest BCUT2D eigenvalue weighted by molar-refractivity contribution is 6.00. The maximum atomic E-state index is 13.8. The monoisotopic (exact) mass is 518 g/mol. The van der Waals surface area contributed by atoms with Crippen LogP contribution < -0.4 is 5.32 Å². The van der Waals surface area contributed by atoms with Crippen molar-refractivity contribution in [2.45, 2.75) is 84.5 Å². The quantitative estimate of drug-likeness (QED) is 0.336. The first-order valence-electron chi connectivity index (χ1n) is 13.1. The summed E-state index contributed by atoms with van der Waals surface area (Å²) in [7, 11) is 0. The van der Waals surface area contributed by atoms with E-state index in [1.54, 1.807) is 24.0 Å². The fourth-order valence-corrected chi connectivity index (χ4v) is 4.42. The lowest BCUT2D eigenvalue weighted by Crippen LogP contribution is -2.50. The van der Waals surface area contributed by atoms with Gasteiger partial charge in [-0.1, -0.05) is 33.6 Å². The fraction of sp³-hybridized carbons (Fsp3) is 0.517. The van der Waals surface area contributed by atoms with Gasteiger partial charge in [0.25, 0.3) is 11.8 Å². The molecule has 3 atom stereocenters. The van der Waals surface area contributed by atoms with Crippen LogP contribution in [-0.4, -0.2) is 58.3 Å². The van der Waals surface area contributed by atoms with Crippen LogP contribution >= 0.6 is 0 Å². The van der Waals surface area contributed by atoms with E-state index < -0.39 is 35.8 Å². The van der Waals surface area contributed by atoms with Gasteiger partial charge in [-0.3, -0.25) is 9.59 Å². The lowest BCUT2D eigenvalue weighted by molar-refractivity contribution is -0.00815. The second kappa shape index (κ2) is 14.8. The van der Waals surface area contributed by atoms with Gasteiger partial charge in [0.05, 0.1) is 12.1 Å². The molecule has 2 rings (SSSR count). The number of halogens is 2. The van der Waals surface area contributed by atoms with Crippen molar-refractivity contribution in [3.05, 3.63) is 70.3 Å². The molecule has 0 heterocycles. The molecule has 0 aliphatic rings. The minimum atomic E-state index is -1.36. The average Bonchev–Trinajstić information content (AvgIpc) is 2.84. The van der Waals surface area contributed by atoms with E-state index in [0.29, 0.717) is 31.5 Å². The zero-order valence-electron chi connectivity index (χ0n) is 22.3. The molecular formula is C29H40F2N2O4. The summed E-state index contributed by atoms with van der Waals surface area (Å²) < 4.78 is 27.6. The Morgan fingerprint density at radius 3 is 2.05 bits per heavy atom. The summed E-state index contributed by atoms with van der Waals surface area (Å²) in [6.45, 7) is 8.94. The predicted octanol–water partition coefficient (Wildman–Crippen LogP) is 4.79. The Morgan fingerprint density at radius 2 is 1.49 bits per heavy atom. The molecule has 6 nitrogen and oxygen atoms in total. The van der Waals surface area contributed by atoms with Crippen molar-refractivity contribution in [2.24, 2.45) is 0 Å². The largest absolute Gasteiger partial charge is 0.390 e. The van der Waals surface area contributed by atoms with E-state index in [0.717, 1.165) is 43.0 Å². The van der Waals surface area contributed by atoms with Crippen LogP contribution in [0.15, 0.2) is 36.4 Å². The second-order valence-electron chi connectivity index (χ2n) is 9.64. The number of carbonyl (C=O) groups excluding carboxylic acids is 2. The average molecular weight is 519 g/mol. The number of aryl methyl sites for hydroxylation is 1. The van der Waals surface area contributed by atoms with Gasteiger partial charge >= 0.3 is 0 Å². The molecule has 2 amide bonds. The van der Waals surface area contributed by atoms with Crippen LogP contribution in [0.3, 0.4) is 0 Å². The number of rotatable bonds is 14. The number of hydrogen-bond acceptors (Lipinski definition) is 4. The van der Waals surface area contributed by atoms with Crippen LogP contribution in [0.5, 0.6) is 0 Å². The minimum absolute atomic E-state index is 0.0941. The number of nitrogens with zero attached hydrogens (tertiary/aromatic N) is 1. The Bertz CT molecular complexity index is 1020. The minimum Gasteiger partial charge on any atom is -0.390 e. The Kier molecular flexibility index (Phi) is 12.1. The molecule has 204 valence electrons. The molecule has 0 aromatic heterocycles. The highest BCUT2D eigenvalue weighted by atomic mass is 19.1. The molecule has 0 saturated carbocycles. The zero-order valence-corrected chi connectivity index (χ0v) is 22.3. The van der Waals surface area contributed by atoms with Gasteiger partial charge < -0.3 is 20.4 Å². The van der Waals surface area contributed by atoms with Crippen LogP contribution in [0.2, 0.25) is 0 Å². The standard InChI is InChI=1S/C29H40F2N2O4/c1-5-8-9-26(34)27(35)25(16-20-14-23(30)18-24(31)15-20)32-28(36)21-12-19(4)13-22(17-21)29(37)33(10-6-2)11-7-3/h12-15,17-18,25-27,34-35H,5-11,16H2,1-4H3,(H,32,36)/t25-,26-,27+/m0/s1. The maximum absolute atomic E-state index is 13.8. The molecule has 3 N–H and O–H groups in total. The smallest absolute Gasteiger partial charge is 0.253 e. The van der Waals surface area contributed by atoms with Crippen LogP contribution in [0.1, 0.15) is 84.7 Å². The number of aliphatic hydroxyl groups is 2. The summed E-state index contributed by atoms with van der Waals surface area (Å²) in [6, 6.07) is 6.87. The third-order valence-electron chi connectivity index (χ3n) is 6.22. The molecule has 0 bridgehead atoms. The number of aliphatic hydroxyl groups excluding tert-OH is 2. The van der Waals surface area contributed by atoms with Gasteiger partial charge in [-0.25, -0.2) is 8.78 Å². The van der Waals surface area contributed by atoms with Gasteiger partial charge in [-0.15, -0.1) is 0 Å². The van der Waals surface area contributed by atoms with Gasteiger partial charge in [0.2, 0.25) is 0 Å². The molecule has 8 heteroatoms. The van der Waals surface area contributed by atoms with Crippen LogP contribution in [0, 0.1) is 18.6 Å². The molecule has 0 aliphatic carbocycles. The molecule has 0 radical (unpaired) electrons. The van der Waals surface area contributed by atoms with E-state index in [1.165, 1.54) is 6.07 Å². The predicted molar refractivity (Wildman–Crippen MR) is 141 cm³/mol. The molecule has 0 spiro atoms. The van der Waals surface area contributed by atoms with Crippen molar-refractivity contribution in [2.75, 3.05) is 13.1 Å². The van der Waals surface area contributed by atoms with E-state index in [4.69, 9.17) is 0 Å². The van der Waals surface area contributed by atoms with Crippen molar-refractivity contribution < 1.29 is 28.6 Å².